The van der Waals surface area contributed by atoms with Gasteiger partial charge in [0, 0.05) is 24.7 Å². The van der Waals surface area contributed by atoms with Crippen molar-refractivity contribution in [2.24, 2.45) is 5.92 Å². The van der Waals surface area contributed by atoms with Crippen LogP contribution < -0.4 is 24.6 Å². The van der Waals surface area contributed by atoms with Gasteiger partial charge < -0.3 is 24.8 Å². The first-order valence-electron chi connectivity index (χ1n) is 15.2. The Labute approximate surface area is 264 Å². The summed E-state index contributed by atoms with van der Waals surface area (Å²) >= 11 is 6.25. The first kappa shape index (κ1) is 31.6. The van der Waals surface area contributed by atoms with Gasteiger partial charge in [0.05, 0.1) is 44.1 Å². The number of aliphatic carboxylic acids is 1. The van der Waals surface area contributed by atoms with Gasteiger partial charge in [0.15, 0.2) is 11.5 Å². The fraction of sp³-hybridized carbons (Fsp3) is 0.441. The minimum absolute atomic E-state index is 0.0122. The van der Waals surface area contributed by atoms with Crippen molar-refractivity contribution < 1.29 is 24.2 Å². The number of carboxylic acids is 1. The van der Waals surface area contributed by atoms with Gasteiger partial charge in [0.2, 0.25) is 5.91 Å². The molecule has 1 amide bonds. The van der Waals surface area contributed by atoms with Crippen molar-refractivity contribution in [2.75, 3.05) is 37.0 Å². The molecule has 5 rings (SSSR count). The lowest BCUT2D eigenvalue weighted by Gasteiger charge is -2.37. The molecule has 2 N–H and O–H groups in total. The smallest absolute Gasteiger partial charge is 0.317 e. The number of methoxy groups -OCH3 is 1. The molecule has 0 radical (unpaired) electrons. The van der Waals surface area contributed by atoms with Crippen LogP contribution in [0.4, 0.5) is 11.5 Å². The van der Waals surface area contributed by atoms with E-state index in [0.717, 1.165) is 54.6 Å². The molecule has 0 spiro atoms. The number of halogens is 1. The molecule has 1 saturated carbocycles. The summed E-state index contributed by atoms with van der Waals surface area (Å²) in [6, 6.07) is 15.2. The zero-order chi connectivity index (χ0) is 31.4. The van der Waals surface area contributed by atoms with Crippen LogP contribution in [0.1, 0.15) is 62.3 Å². The number of hydrogen-bond donors (Lipinski definition) is 2. The second-order valence-corrected chi connectivity index (χ2v) is 12.4. The second-order valence-electron chi connectivity index (χ2n) is 12.0. The molecule has 0 bridgehead atoms. The molecular weight excluding hydrogens is 580 g/mol. The minimum Gasteiger partial charge on any atom is -0.493 e. The van der Waals surface area contributed by atoms with E-state index in [1.54, 1.807) is 12.0 Å². The van der Waals surface area contributed by atoms with Gasteiger partial charge in [-0.3, -0.25) is 14.5 Å². The van der Waals surface area contributed by atoms with E-state index in [2.05, 4.69) is 17.3 Å². The second kappa shape index (κ2) is 13.9. The Balaban J connectivity index is 1.38. The standard InChI is InChI=1S/C34H41ClN4O5/c1-21(2)44-30-17-28-24(15-29(30)43-4)16-32(40)39(34(28)23-7-9-25(35)10-8-23)31-14-13-27(18-37-31)38(3)20-22-5-11-26(12-6-22)36-19-33(41)42/h7-10,13-15,17-18,21-22,26,34,36H,5-6,11-12,16,19-20H2,1-4H3,(H,41,42)/t22?,26?,34-/m0/s1. The summed E-state index contributed by atoms with van der Waals surface area (Å²) in [6.45, 7) is 4.84. The molecule has 2 heterocycles. The van der Waals surface area contributed by atoms with Crippen molar-refractivity contribution in [3.05, 3.63) is 76.4 Å². The molecule has 2 aromatic carbocycles. The zero-order valence-electron chi connectivity index (χ0n) is 25.8. The highest BCUT2D eigenvalue weighted by molar-refractivity contribution is 6.30. The number of ether oxygens (including phenoxy) is 2. The molecule has 1 aliphatic carbocycles. The van der Waals surface area contributed by atoms with Gasteiger partial charge in [-0.2, -0.15) is 0 Å². The van der Waals surface area contributed by atoms with Crippen molar-refractivity contribution in [3.8, 4) is 11.5 Å². The highest BCUT2D eigenvalue weighted by Gasteiger charge is 2.37. The normalized spacial score (nSPS) is 19.9. The molecule has 2 aliphatic rings. The van der Waals surface area contributed by atoms with Crippen LogP contribution in [0.15, 0.2) is 54.7 Å². The number of rotatable bonds is 11. The van der Waals surface area contributed by atoms with E-state index in [0.29, 0.717) is 28.3 Å². The Morgan fingerprint density at radius 3 is 2.45 bits per heavy atom. The lowest BCUT2D eigenvalue weighted by Crippen LogP contribution is -2.41. The molecule has 9 nitrogen and oxygen atoms in total. The van der Waals surface area contributed by atoms with Crippen LogP contribution in [0.5, 0.6) is 11.5 Å². The Morgan fingerprint density at radius 1 is 1.11 bits per heavy atom. The third-order valence-corrected chi connectivity index (χ3v) is 8.73. The number of amides is 1. The molecule has 1 fully saturated rings. The first-order chi connectivity index (χ1) is 21.1. The molecule has 1 aliphatic heterocycles. The molecule has 10 heteroatoms. The van der Waals surface area contributed by atoms with Crippen molar-refractivity contribution >= 4 is 35.0 Å². The van der Waals surface area contributed by atoms with Gasteiger partial charge in [-0.15, -0.1) is 0 Å². The monoisotopic (exact) mass is 620 g/mol. The Morgan fingerprint density at radius 2 is 1.84 bits per heavy atom. The van der Waals surface area contributed by atoms with Gasteiger partial charge in [-0.05, 0) is 98.5 Å². The quantitative estimate of drug-likeness (QED) is 0.274. The predicted molar refractivity (Wildman–Crippen MR) is 172 cm³/mol. The van der Waals surface area contributed by atoms with Crippen LogP contribution in [-0.2, 0) is 16.0 Å². The van der Waals surface area contributed by atoms with E-state index in [1.165, 1.54) is 0 Å². The number of pyridine rings is 1. The Hall–Kier alpha value is -3.82. The summed E-state index contributed by atoms with van der Waals surface area (Å²) in [4.78, 5) is 33.5. The van der Waals surface area contributed by atoms with Crippen LogP contribution in [0.25, 0.3) is 0 Å². The number of aromatic nitrogens is 1. The molecule has 0 saturated heterocycles. The maximum absolute atomic E-state index is 13.8. The van der Waals surface area contributed by atoms with Crippen LogP contribution in [0.3, 0.4) is 0 Å². The van der Waals surface area contributed by atoms with Crippen molar-refractivity contribution in [1.29, 1.82) is 0 Å². The lowest BCUT2D eigenvalue weighted by atomic mass is 9.85. The largest absolute Gasteiger partial charge is 0.493 e. The fourth-order valence-corrected chi connectivity index (χ4v) is 6.44. The van der Waals surface area contributed by atoms with E-state index in [1.807, 2.05) is 68.6 Å². The van der Waals surface area contributed by atoms with Crippen molar-refractivity contribution in [1.82, 2.24) is 10.3 Å². The molecule has 44 heavy (non-hydrogen) atoms. The van der Waals surface area contributed by atoms with Crippen molar-refractivity contribution in [2.45, 2.75) is 64.1 Å². The summed E-state index contributed by atoms with van der Waals surface area (Å²) in [5, 5.41) is 12.7. The Kier molecular flexibility index (Phi) is 9.96. The molecule has 234 valence electrons. The summed E-state index contributed by atoms with van der Waals surface area (Å²) in [5.74, 6) is 1.46. The molecule has 0 unspecified atom stereocenters. The number of carboxylic acid groups (broad SMARTS) is 1. The number of nitrogens with one attached hydrogen (secondary N) is 1. The molecule has 3 aromatic rings. The van der Waals surface area contributed by atoms with Gasteiger partial charge in [0.1, 0.15) is 5.82 Å². The summed E-state index contributed by atoms with van der Waals surface area (Å²) in [6.07, 6.45) is 6.04. The fourth-order valence-electron chi connectivity index (χ4n) is 6.32. The summed E-state index contributed by atoms with van der Waals surface area (Å²) < 4.78 is 11.7. The average molecular weight is 621 g/mol. The lowest BCUT2D eigenvalue weighted by molar-refractivity contribution is -0.136. The van der Waals surface area contributed by atoms with Crippen LogP contribution in [-0.4, -0.2) is 61.4 Å². The number of fused-ring (bicyclic) bond motifs is 1. The maximum atomic E-state index is 13.8. The maximum Gasteiger partial charge on any atom is 0.317 e. The summed E-state index contributed by atoms with van der Waals surface area (Å²) in [7, 11) is 3.67. The number of nitrogens with zero attached hydrogens (tertiary/aromatic N) is 3. The predicted octanol–water partition coefficient (Wildman–Crippen LogP) is 5.88. The topological polar surface area (TPSA) is 104 Å². The van der Waals surface area contributed by atoms with E-state index in [4.69, 9.17) is 31.2 Å². The zero-order valence-corrected chi connectivity index (χ0v) is 26.5. The van der Waals surface area contributed by atoms with Crippen LogP contribution in [0, 0.1) is 5.92 Å². The highest BCUT2D eigenvalue weighted by atomic mass is 35.5. The first-order valence-corrected chi connectivity index (χ1v) is 15.6. The van der Waals surface area contributed by atoms with Crippen LogP contribution >= 0.6 is 11.6 Å². The van der Waals surface area contributed by atoms with E-state index in [-0.39, 0.29) is 31.0 Å². The van der Waals surface area contributed by atoms with Gasteiger partial charge >= 0.3 is 5.97 Å². The van der Waals surface area contributed by atoms with E-state index < -0.39 is 12.0 Å². The number of hydrogen-bond acceptors (Lipinski definition) is 7. The third kappa shape index (κ3) is 7.27. The van der Waals surface area contributed by atoms with Gasteiger partial charge in [0.25, 0.3) is 0 Å². The van der Waals surface area contributed by atoms with E-state index in [9.17, 15) is 9.59 Å². The minimum atomic E-state index is -0.817. The van der Waals surface area contributed by atoms with Gasteiger partial charge in [-0.1, -0.05) is 23.7 Å². The summed E-state index contributed by atoms with van der Waals surface area (Å²) in [5.41, 5.74) is 3.74. The van der Waals surface area contributed by atoms with Crippen LogP contribution in [0.2, 0.25) is 5.02 Å². The van der Waals surface area contributed by atoms with Gasteiger partial charge in [-0.25, -0.2) is 4.98 Å². The number of carbonyl (C=O) groups is 2. The van der Waals surface area contributed by atoms with Crippen molar-refractivity contribution in [3.63, 3.8) is 0 Å². The number of benzene rings is 2. The van der Waals surface area contributed by atoms with E-state index >= 15 is 0 Å². The Bertz CT molecular complexity index is 1460. The molecule has 1 aromatic heterocycles. The number of carbonyl (C=O) groups excluding carboxylic acids is 1. The number of anilines is 2. The molecular formula is C34H41ClN4O5. The SMILES string of the molecule is COc1cc2c(cc1OC(C)C)[C@H](c1ccc(Cl)cc1)N(c1ccc(N(C)CC3CCC(NCC(=O)O)CC3)cn1)C(=O)C2. The highest BCUT2D eigenvalue weighted by Crippen LogP contribution is 2.43. The average Bonchev–Trinajstić information content (AvgIpc) is 3.00. The third-order valence-electron chi connectivity index (χ3n) is 8.48. The molecule has 1 atom stereocenters.